The molecule has 2 aromatic heterocycles. The van der Waals surface area contributed by atoms with E-state index in [-0.39, 0.29) is 0 Å². The molecular weight excluding hydrogens is 187 g/mol. The van der Waals surface area contributed by atoms with Crippen LogP contribution in [0.25, 0.3) is 0 Å². The average molecular weight is 194 g/mol. The number of hydrogen-bond acceptors (Lipinski definition) is 5. The first-order chi connectivity index (χ1) is 6.84. The zero-order valence-electron chi connectivity index (χ0n) is 7.14. The summed E-state index contributed by atoms with van der Waals surface area (Å²) in [6, 6.07) is 1.72. The smallest absolute Gasteiger partial charge is 0.223 e. The number of halogens is 1. The van der Waals surface area contributed by atoms with Crippen LogP contribution in [-0.2, 0) is 6.54 Å². The van der Waals surface area contributed by atoms with E-state index in [9.17, 15) is 4.39 Å². The Kier molecular flexibility index (Phi) is 2.35. The molecule has 0 saturated heterocycles. The van der Waals surface area contributed by atoms with Crippen molar-refractivity contribution in [2.45, 2.75) is 6.54 Å². The second-order valence-electron chi connectivity index (χ2n) is 2.56. The highest BCUT2D eigenvalue weighted by atomic mass is 19.1. The maximum absolute atomic E-state index is 12.4. The Morgan fingerprint density at radius 2 is 2.14 bits per heavy atom. The highest BCUT2D eigenvalue weighted by Crippen LogP contribution is 2.02. The second kappa shape index (κ2) is 3.82. The molecular formula is C8H7FN4O. The first-order valence-electron chi connectivity index (χ1n) is 3.95. The van der Waals surface area contributed by atoms with Gasteiger partial charge in [0.05, 0.1) is 25.1 Å². The Morgan fingerprint density at radius 1 is 1.36 bits per heavy atom. The summed E-state index contributed by atoms with van der Waals surface area (Å²) in [5.74, 6) is 0.552. The molecule has 0 aliphatic carbocycles. The molecule has 2 aromatic rings. The van der Waals surface area contributed by atoms with E-state index in [0.29, 0.717) is 18.3 Å². The van der Waals surface area contributed by atoms with E-state index in [0.717, 1.165) is 12.4 Å². The van der Waals surface area contributed by atoms with Crippen LogP contribution in [0.15, 0.2) is 29.2 Å². The van der Waals surface area contributed by atoms with Crippen molar-refractivity contribution in [3.63, 3.8) is 0 Å². The Balaban J connectivity index is 1.95. The van der Waals surface area contributed by atoms with Crippen LogP contribution in [0.4, 0.5) is 10.3 Å². The van der Waals surface area contributed by atoms with Gasteiger partial charge < -0.3 is 9.84 Å². The maximum atomic E-state index is 12.4. The third-order valence-electron chi connectivity index (χ3n) is 1.53. The van der Waals surface area contributed by atoms with Crippen molar-refractivity contribution in [3.8, 4) is 0 Å². The van der Waals surface area contributed by atoms with Crippen LogP contribution in [0.1, 0.15) is 5.76 Å². The van der Waals surface area contributed by atoms with Gasteiger partial charge in [0.25, 0.3) is 0 Å². The Labute approximate surface area is 79.0 Å². The topological polar surface area (TPSA) is 63.8 Å². The average Bonchev–Trinajstić information content (AvgIpc) is 2.70. The zero-order valence-corrected chi connectivity index (χ0v) is 7.14. The van der Waals surface area contributed by atoms with E-state index < -0.39 is 5.82 Å². The summed E-state index contributed by atoms with van der Waals surface area (Å²) in [4.78, 5) is 7.44. The lowest BCUT2D eigenvalue weighted by Crippen LogP contribution is -2.02. The van der Waals surface area contributed by atoms with Crippen LogP contribution in [0, 0.1) is 5.82 Å². The predicted octanol–water partition coefficient (Wildman–Crippen LogP) is 1.22. The van der Waals surface area contributed by atoms with Crippen molar-refractivity contribution in [2.75, 3.05) is 5.32 Å². The molecule has 0 aromatic carbocycles. The fourth-order valence-electron chi connectivity index (χ4n) is 0.903. The summed E-state index contributed by atoms with van der Waals surface area (Å²) >= 11 is 0. The fraction of sp³-hybridized carbons (Fsp3) is 0.125. The fourth-order valence-corrected chi connectivity index (χ4v) is 0.903. The largest absolute Gasteiger partial charge is 0.360 e. The summed E-state index contributed by atoms with van der Waals surface area (Å²) in [5.41, 5.74) is 0. The third kappa shape index (κ3) is 2.03. The minimum absolute atomic E-state index is 0.350. The van der Waals surface area contributed by atoms with Crippen molar-refractivity contribution in [1.29, 1.82) is 0 Å². The SMILES string of the molecule is Fc1cnc(NCc2ccno2)nc1. The molecule has 5 nitrogen and oxygen atoms in total. The quantitative estimate of drug-likeness (QED) is 0.795. The number of nitrogens with one attached hydrogen (secondary N) is 1. The molecule has 2 heterocycles. The molecule has 14 heavy (non-hydrogen) atoms. The normalized spacial score (nSPS) is 10.1. The van der Waals surface area contributed by atoms with Crippen LogP contribution in [0.2, 0.25) is 0 Å². The summed E-state index contributed by atoms with van der Waals surface area (Å²) < 4.78 is 17.3. The molecule has 1 N–H and O–H groups in total. The Morgan fingerprint density at radius 3 is 2.79 bits per heavy atom. The van der Waals surface area contributed by atoms with E-state index >= 15 is 0 Å². The molecule has 0 fully saturated rings. The second-order valence-corrected chi connectivity index (χ2v) is 2.56. The van der Waals surface area contributed by atoms with E-state index in [1.165, 1.54) is 0 Å². The van der Waals surface area contributed by atoms with Gasteiger partial charge >= 0.3 is 0 Å². The molecule has 0 bridgehead atoms. The molecule has 2 rings (SSSR count). The number of rotatable bonds is 3. The van der Waals surface area contributed by atoms with E-state index in [1.54, 1.807) is 12.3 Å². The molecule has 0 radical (unpaired) electrons. The van der Waals surface area contributed by atoms with Crippen LogP contribution >= 0.6 is 0 Å². The van der Waals surface area contributed by atoms with Gasteiger partial charge in [0.2, 0.25) is 5.95 Å². The zero-order chi connectivity index (χ0) is 9.80. The molecule has 72 valence electrons. The summed E-state index contributed by atoms with van der Waals surface area (Å²) in [6.07, 6.45) is 3.73. The first kappa shape index (κ1) is 8.61. The van der Waals surface area contributed by atoms with Crippen molar-refractivity contribution in [2.24, 2.45) is 0 Å². The maximum Gasteiger partial charge on any atom is 0.223 e. The van der Waals surface area contributed by atoms with Gasteiger partial charge in [-0.15, -0.1) is 0 Å². The van der Waals surface area contributed by atoms with Crippen LogP contribution in [-0.4, -0.2) is 15.1 Å². The summed E-state index contributed by atoms with van der Waals surface area (Å²) in [6.45, 7) is 0.422. The predicted molar refractivity (Wildman–Crippen MR) is 45.8 cm³/mol. The van der Waals surface area contributed by atoms with E-state index in [2.05, 4.69) is 20.4 Å². The van der Waals surface area contributed by atoms with Crippen LogP contribution in [0.5, 0.6) is 0 Å². The lowest BCUT2D eigenvalue weighted by atomic mass is 10.4. The molecule has 0 aliphatic rings. The Bertz CT molecular complexity index is 386. The summed E-state index contributed by atoms with van der Waals surface area (Å²) in [5, 5.41) is 6.38. The van der Waals surface area contributed by atoms with Gasteiger partial charge in [-0.3, -0.25) is 0 Å². The van der Waals surface area contributed by atoms with Crippen molar-refractivity contribution in [1.82, 2.24) is 15.1 Å². The van der Waals surface area contributed by atoms with Crippen molar-refractivity contribution in [3.05, 3.63) is 36.2 Å². The van der Waals surface area contributed by atoms with Gasteiger partial charge in [-0.25, -0.2) is 14.4 Å². The van der Waals surface area contributed by atoms with E-state index in [1.807, 2.05) is 0 Å². The lowest BCUT2D eigenvalue weighted by Gasteiger charge is -1.99. The molecule has 0 atom stereocenters. The molecule has 0 spiro atoms. The van der Waals surface area contributed by atoms with Crippen LogP contribution in [0.3, 0.4) is 0 Å². The molecule has 0 unspecified atom stereocenters. The van der Waals surface area contributed by atoms with Gasteiger partial charge in [-0.2, -0.15) is 0 Å². The molecule has 0 saturated carbocycles. The Hall–Kier alpha value is -1.98. The molecule has 0 aliphatic heterocycles. The first-order valence-corrected chi connectivity index (χ1v) is 3.95. The molecule has 0 amide bonds. The minimum Gasteiger partial charge on any atom is -0.360 e. The van der Waals surface area contributed by atoms with Gasteiger partial charge in [0.15, 0.2) is 11.6 Å². The van der Waals surface area contributed by atoms with Crippen LogP contribution < -0.4 is 5.32 Å². The molecule has 6 heteroatoms. The van der Waals surface area contributed by atoms with Gasteiger partial charge in [0, 0.05) is 6.07 Å². The van der Waals surface area contributed by atoms with Gasteiger partial charge in [0.1, 0.15) is 0 Å². The third-order valence-corrected chi connectivity index (χ3v) is 1.53. The van der Waals surface area contributed by atoms with Gasteiger partial charge in [-0.1, -0.05) is 5.16 Å². The van der Waals surface area contributed by atoms with Gasteiger partial charge in [-0.05, 0) is 0 Å². The highest BCUT2D eigenvalue weighted by molar-refractivity contribution is 5.23. The monoisotopic (exact) mass is 194 g/mol. The number of nitrogens with zero attached hydrogens (tertiary/aromatic N) is 3. The minimum atomic E-state index is -0.463. The van der Waals surface area contributed by atoms with Crippen molar-refractivity contribution < 1.29 is 8.91 Å². The van der Waals surface area contributed by atoms with E-state index in [4.69, 9.17) is 4.52 Å². The highest BCUT2D eigenvalue weighted by Gasteiger charge is 1.99. The standard InChI is InChI=1S/C8H7FN4O/c9-6-3-10-8(11-4-6)12-5-7-1-2-13-14-7/h1-4H,5H2,(H,10,11,12). The number of aromatic nitrogens is 3. The van der Waals surface area contributed by atoms with Crippen molar-refractivity contribution >= 4 is 5.95 Å². The number of hydrogen-bond donors (Lipinski definition) is 1. The lowest BCUT2D eigenvalue weighted by molar-refractivity contribution is 0.387. The summed E-state index contributed by atoms with van der Waals surface area (Å²) in [7, 11) is 0. The number of anilines is 1.